The number of ether oxygens (including phenoxy) is 1. The van der Waals surface area contributed by atoms with E-state index in [2.05, 4.69) is 30.2 Å². The van der Waals surface area contributed by atoms with Gasteiger partial charge in [-0.25, -0.2) is 4.98 Å². The Morgan fingerprint density at radius 2 is 2.14 bits per heavy atom. The zero-order valence-electron chi connectivity index (χ0n) is 12.0. The van der Waals surface area contributed by atoms with Crippen molar-refractivity contribution in [3.8, 4) is 6.01 Å². The van der Waals surface area contributed by atoms with Crippen LogP contribution >= 0.6 is 11.8 Å². The Morgan fingerprint density at radius 1 is 1.33 bits per heavy atom. The Hall–Kier alpha value is -2.16. The van der Waals surface area contributed by atoms with Gasteiger partial charge >= 0.3 is 6.01 Å². The maximum absolute atomic E-state index is 11.4. The van der Waals surface area contributed by atoms with Crippen LogP contribution in [-0.2, 0) is 0 Å². The molecular formula is C12H16N6O2S. The second-order valence-corrected chi connectivity index (χ2v) is 5.07. The molecule has 2 aromatic rings. The Bertz CT molecular complexity index is 675. The van der Waals surface area contributed by atoms with Gasteiger partial charge in [0.2, 0.25) is 11.1 Å². The van der Waals surface area contributed by atoms with Crippen LogP contribution in [0.15, 0.2) is 21.2 Å². The molecule has 0 aliphatic rings. The highest BCUT2D eigenvalue weighted by Gasteiger charge is 2.10. The molecule has 0 aromatic carbocycles. The first kappa shape index (κ1) is 15.2. The number of aromatic nitrogens is 5. The van der Waals surface area contributed by atoms with Crippen molar-refractivity contribution >= 4 is 17.7 Å². The fraction of sp³-hybridized carbons (Fsp3) is 0.417. The lowest BCUT2D eigenvalue weighted by Crippen LogP contribution is -2.09. The lowest BCUT2D eigenvalue weighted by molar-refractivity contribution is 0.288. The van der Waals surface area contributed by atoms with Gasteiger partial charge in [-0.1, -0.05) is 6.92 Å². The van der Waals surface area contributed by atoms with Crippen LogP contribution in [0.25, 0.3) is 0 Å². The number of hydrogen-bond donors (Lipinski definition) is 2. The molecule has 0 spiro atoms. The highest BCUT2D eigenvalue weighted by molar-refractivity contribution is 7.99. The predicted octanol–water partition coefficient (Wildman–Crippen LogP) is 1.25. The monoisotopic (exact) mass is 308 g/mol. The minimum Gasteiger partial charge on any atom is -0.463 e. The second-order valence-electron chi connectivity index (χ2n) is 4.12. The highest BCUT2D eigenvalue weighted by Crippen LogP contribution is 2.22. The molecule has 0 aliphatic carbocycles. The number of H-pyrrole nitrogens is 1. The number of aryl methyl sites for hydroxylation is 1. The van der Waals surface area contributed by atoms with Crippen molar-refractivity contribution in [2.75, 3.05) is 19.0 Å². The summed E-state index contributed by atoms with van der Waals surface area (Å²) in [4.78, 5) is 30.8. The average molecular weight is 308 g/mol. The Kier molecular flexibility index (Phi) is 5.09. The second kappa shape index (κ2) is 7.02. The van der Waals surface area contributed by atoms with Gasteiger partial charge in [-0.3, -0.25) is 4.79 Å². The van der Waals surface area contributed by atoms with Crippen LogP contribution in [0.1, 0.15) is 19.0 Å². The third-order valence-corrected chi connectivity index (χ3v) is 3.04. The van der Waals surface area contributed by atoms with Crippen molar-refractivity contribution in [2.24, 2.45) is 0 Å². The molecule has 0 amide bonds. The van der Waals surface area contributed by atoms with Crippen molar-refractivity contribution in [2.45, 2.75) is 30.6 Å². The zero-order valence-corrected chi connectivity index (χ0v) is 12.8. The molecule has 2 heterocycles. The van der Waals surface area contributed by atoms with Crippen molar-refractivity contribution < 1.29 is 4.74 Å². The largest absolute Gasteiger partial charge is 0.463 e. The van der Waals surface area contributed by atoms with Crippen molar-refractivity contribution in [3.05, 3.63) is 22.1 Å². The molecular weight excluding hydrogens is 292 g/mol. The molecule has 0 radical (unpaired) electrons. The molecule has 2 aromatic heterocycles. The minimum absolute atomic E-state index is 0.213. The summed E-state index contributed by atoms with van der Waals surface area (Å²) in [7, 11) is 1.71. The van der Waals surface area contributed by atoms with Crippen molar-refractivity contribution in [3.63, 3.8) is 0 Å². The summed E-state index contributed by atoms with van der Waals surface area (Å²) in [6.45, 7) is 4.27. The number of anilines is 1. The van der Waals surface area contributed by atoms with Gasteiger partial charge in [-0.2, -0.15) is 15.0 Å². The van der Waals surface area contributed by atoms with Gasteiger partial charge in [0.15, 0.2) is 5.16 Å². The van der Waals surface area contributed by atoms with E-state index in [4.69, 9.17) is 4.74 Å². The van der Waals surface area contributed by atoms with Gasteiger partial charge in [0.1, 0.15) is 0 Å². The summed E-state index contributed by atoms with van der Waals surface area (Å²) in [5.41, 5.74) is 0.418. The molecule has 0 fully saturated rings. The summed E-state index contributed by atoms with van der Waals surface area (Å²) in [5, 5.41) is 3.67. The van der Waals surface area contributed by atoms with Crippen LogP contribution in [0.2, 0.25) is 0 Å². The van der Waals surface area contributed by atoms with E-state index in [1.54, 1.807) is 14.0 Å². The number of rotatable bonds is 6. The lowest BCUT2D eigenvalue weighted by Gasteiger charge is -2.06. The molecule has 2 rings (SSSR count). The zero-order chi connectivity index (χ0) is 15.2. The molecule has 0 saturated carbocycles. The summed E-state index contributed by atoms with van der Waals surface area (Å²) in [6, 6.07) is 1.67. The SMILES string of the molecule is CCCOc1nc(NC)nc(Sc2nc(C)cc(=O)[nH]2)n1. The van der Waals surface area contributed by atoms with Gasteiger partial charge in [0.25, 0.3) is 5.56 Å². The molecule has 21 heavy (non-hydrogen) atoms. The minimum atomic E-state index is -0.213. The fourth-order valence-corrected chi connectivity index (χ4v) is 2.21. The smallest absolute Gasteiger partial charge is 0.322 e. The van der Waals surface area contributed by atoms with E-state index in [0.717, 1.165) is 18.2 Å². The molecule has 0 saturated heterocycles. The summed E-state index contributed by atoms with van der Waals surface area (Å²) < 4.78 is 5.42. The van der Waals surface area contributed by atoms with Crippen LogP contribution in [0, 0.1) is 6.92 Å². The average Bonchev–Trinajstić information content (AvgIpc) is 2.43. The first-order valence-electron chi connectivity index (χ1n) is 6.43. The van der Waals surface area contributed by atoms with E-state index in [1.807, 2.05) is 6.92 Å². The standard InChI is InChI=1S/C12H16N6O2S/c1-4-5-20-10-16-9(13-3)17-12(18-10)21-11-14-7(2)6-8(19)15-11/h6H,4-5H2,1-3H3,(H,14,15,19)(H,13,16,17,18). The van der Waals surface area contributed by atoms with E-state index in [-0.39, 0.29) is 11.6 Å². The maximum atomic E-state index is 11.4. The van der Waals surface area contributed by atoms with Crippen LogP contribution in [0.4, 0.5) is 5.95 Å². The van der Waals surface area contributed by atoms with Gasteiger partial charge in [0, 0.05) is 18.8 Å². The van der Waals surface area contributed by atoms with E-state index in [0.29, 0.717) is 28.6 Å². The van der Waals surface area contributed by atoms with E-state index in [1.165, 1.54) is 6.07 Å². The molecule has 112 valence electrons. The Morgan fingerprint density at radius 3 is 2.81 bits per heavy atom. The van der Waals surface area contributed by atoms with Gasteiger partial charge in [0.05, 0.1) is 6.61 Å². The summed E-state index contributed by atoms with van der Waals surface area (Å²) in [5.74, 6) is 0.397. The third-order valence-electron chi connectivity index (χ3n) is 2.29. The summed E-state index contributed by atoms with van der Waals surface area (Å²) >= 11 is 1.14. The lowest BCUT2D eigenvalue weighted by atomic mass is 10.5. The van der Waals surface area contributed by atoms with E-state index < -0.39 is 0 Å². The molecule has 9 heteroatoms. The molecule has 2 N–H and O–H groups in total. The number of nitrogens with zero attached hydrogens (tertiary/aromatic N) is 4. The van der Waals surface area contributed by atoms with Gasteiger partial charge in [-0.15, -0.1) is 0 Å². The van der Waals surface area contributed by atoms with Crippen LogP contribution in [0.3, 0.4) is 0 Å². The Balaban J connectivity index is 2.27. The number of nitrogens with one attached hydrogen (secondary N) is 2. The number of aromatic amines is 1. The molecule has 0 bridgehead atoms. The first-order chi connectivity index (χ1) is 10.1. The van der Waals surface area contributed by atoms with Crippen LogP contribution in [-0.4, -0.2) is 38.6 Å². The van der Waals surface area contributed by atoms with Crippen molar-refractivity contribution in [1.82, 2.24) is 24.9 Å². The van der Waals surface area contributed by atoms with Gasteiger partial charge in [-0.05, 0) is 25.1 Å². The predicted molar refractivity (Wildman–Crippen MR) is 78.9 cm³/mol. The van der Waals surface area contributed by atoms with Crippen LogP contribution in [0.5, 0.6) is 6.01 Å². The third kappa shape index (κ3) is 4.42. The Labute approximate surface area is 125 Å². The van der Waals surface area contributed by atoms with Crippen LogP contribution < -0.4 is 15.6 Å². The highest BCUT2D eigenvalue weighted by atomic mass is 32.2. The normalized spacial score (nSPS) is 10.4. The van der Waals surface area contributed by atoms with E-state index >= 15 is 0 Å². The number of hydrogen-bond acceptors (Lipinski definition) is 8. The quantitative estimate of drug-likeness (QED) is 0.768. The molecule has 0 unspecified atom stereocenters. The van der Waals surface area contributed by atoms with E-state index in [9.17, 15) is 4.79 Å². The summed E-state index contributed by atoms with van der Waals surface area (Å²) in [6.07, 6.45) is 0.857. The molecule has 0 atom stereocenters. The first-order valence-corrected chi connectivity index (χ1v) is 7.24. The maximum Gasteiger partial charge on any atom is 0.322 e. The van der Waals surface area contributed by atoms with Crippen molar-refractivity contribution in [1.29, 1.82) is 0 Å². The van der Waals surface area contributed by atoms with Gasteiger partial charge < -0.3 is 15.0 Å². The topological polar surface area (TPSA) is 106 Å². The molecule has 8 nitrogen and oxygen atoms in total. The fourth-order valence-electron chi connectivity index (χ4n) is 1.44. The molecule has 0 aliphatic heterocycles.